The van der Waals surface area contributed by atoms with Gasteiger partial charge in [-0.1, -0.05) is 12.1 Å². The normalized spacial score (nSPS) is 19.8. The van der Waals surface area contributed by atoms with Crippen molar-refractivity contribution in [2.24, 2.45) is 0 Å². The summed E-state index contributed by atoms with van der Waals surface area (Å²) in [5.41, 5.74) is 2.03. The van der Waals surface area contributed by atoms with E-state index in [-0.39, 0.29) is 0 Å². The molecular weight excluding hydrogens is 200 g/mol. The molecule has 3 N–H and O–H groups in total. The lowest BCUT2D eigenvalue weighted by atomic mass is 10.1. The molecule has 0 saturated carbocycles. The van der Waals surface area contributed by atoms with Crippen molar-refractivity contribution in [2.45, 2.75) is 26.8 Å². The smallest absolute Gasteiger partial charge is 0.118 e. The molecule has 3 heteroatoms. The standard InChI is InChI=1S/C8H10O.C5H12N2/c1-6-3-4-7(2)8(9)5-6;1-5-4-6-2-3-7-5/h3-5,9H,1-2H3;5-7H,2-4H2,1H3. The van der Waals surface area contributed by atoms with Gasteiger partial charge in [-0.2, -0.15) is 0 Å². The Labute approximate surface area is 97.9 Å². The first kappa shape index (κ1) is 13.0. The largest absolute Gasteiger partial charge is 0.508 e. The number of phenols is 1. The summed E-state index contributed by atoms with van der Waals surface area (Å²) in [4.78, 5) is 0. The van der Waals surface area contributed by atoms with E-state index in [2.05, 4.69) is 17.6 Å². The molecule has 0 aliphatic carbocycles. The first-order valence-corrected chi connectivity index (χ1v) is 5.80. The van der Waals surface area contributed by atoms with E-state index in [0.29, 0.717) is 11.8 Å². The molecule has 1 saturated heterocycles. The second kappa shape index (κ2) is 6.51. The Balaban J connectivity index is 0.000000165. The molecule has 3 nitrogen and oxygen atoms in total. The molecule has 0 amide bonds. The monoisotopic (exact) mass is 222 g/mol. The molecule has 1 aliphatic heterocycles. The van der Waals surface area contributed by atoms with Gasteiger partial charge in [-0.3, -0.25) is 0 Å². The highest BCUT2D eigenvalue weighted by molar-refractivity contribution is 5.34. The molecule has 1 aromatic carbocycles. The lowest BCUT2D eigenvalue weighted by Gasteiger charge is -2.19. The Kier molecular flexibility index (Phi) is 5.29. The SMILES string of the molecule is CC1CNCCN1.Cc1ccc(C)c(O)c1. The molecule has 1 fully saturated rings. The lowest BCUT2D eigenvalue weighted by Crippen LogP contribution is -2.46. The van der Waals surface area contributed by atoms with Crippen LogP contribution in [0.3, 0.4) is 0 Å². The minimum absolute atomic E-state index is 0.384. The third kappa shape index (κ3) is 4.64. The maximum absolute atomic E-state index is 9.10. The molecule has 16 heavy (non-hydrogen) atoms. The summed E-state index contributed by atoms with van der Waals surface area (Å²) in [6.07, 6.45) is 0. The van der Waals surface area contributed by atoms with Crippen LogP contribution in [0.15, 0.2) is 18.2 Å². The average molecular weight is 222 g/mol. The van der Waals surface area contributed by atoms with Crippen molar-refractivity contribution in [1.82, 2.24) is 10.6 Å². The van der Waals surface area contributed by atoms with Gasteiger partial charge in [0.25, 0.3) is 0 Å². The fraction of sp³-hybridized carbons (Fsp3) is 0.538. The van der Waals surface area contributed by atoms with Crippen LogP contribution in [0.4, 0.5) is 0 Å². The third-order valence-electron chi connectivity index (χ3n) is 2.61. The third-order valence-corrected chi connectivity index (χ3v) is 2.61. The van der Waals surface area contributed by atoms with Crippen LogP contribution >= 0.6 is 0 Å². The van der Waals surface area contributed by atoms with E-state index in [4.69, 9.17) is 5.11 Å². The maximum Gasteiger partial charge on any atom is 0.118 e. The van der Waals surface area contributed by atoms with Gasteiger partial charge in [0.15, 0.2) is 0 Å². The first-order chi connectivity index (χ1) is 7.59. The van der Waals surface area contributed by atoms with E-state index in [0.717, 1.165) is 30.8 Å². The van der Waals surface area contributed by atoms with Gasteiger partial charge < -0.3 is 15.7 Å². The van der Waals surface area contributed by atoms with E-state index in [1.807, 2.05) is 26.0 Å². The molecule has 0 bridgehead atoms. The molecule has 1 heterocycles. The molecule has 1 atom stereocenters. The summed E-state index contributed by atoms with van der Waals surface area (Å²) < 4.78 is 0. The topological polar surface area (TPSA) is 44.3 Å². The second-order valence-corrected chi connectivity index (χ2v) is 4.35. The van der Waals surface area contributed by atoms with Gasteiger partial charge in [0.1, 0.15) is 5.75 Å². The Hall–Kier alpha value is -1.06. The maximum atomic E-state index is 9.10. The Bertz CT molecular complexity index is 320. The molecule has 2 rings (SSSR count). The predicted molar refractivity (Wildman–Crippen MR) is 67.9 cm³/mol. The van der Waals surface area contributed by atoms with E-state index in [1.165, 1.54) is 0 Å². The van der Waals surface area contributed by atoms with Crippen LogP contribution in [0.2, 0.25) is 0 Å². The van der Waals surface area contributed by atoms with Crippen molar-refractivity contribution in [2.75, 3.05) is 19.6 Å². The van der Waals surface area contributed by atoms with Crippen LogP contribution < -0.4 is 10.6 Å². The van der Waals surface area contributed by atoms with Gasteiger partial charge in [0, 0.05) is 25.7 Å². The van der Waals surface area contributed by atoms with Crippen LogP contribution in [0.5, 0.6) is 5.75 Å². The highest BCUT2D eigenvalue weighted by atomic mass is 16.3. The van der Waals surface area contributed by atoms with Crippen molar-refractivity contribution >= 4 is 0 Å². The first-order valence-electron chi connectivity index (χ1n) is 5.80. The fourth-order valence-electron chi connectivity index (χ4n) is 1.52. The van der Waals surface area contributed by atoms with Crippen LogP contribution in [0, 0.1) is 13.8 Å². The quantitative estimate of drug-likeness (QED) is 0.624. The van der Waals surface area contributed by atoms with E-state index in [1.54, 1.807) is 6.07 Å². The average Bonchev–Trinajstić information content (AvgIpc) is 2.26. The lowest BCUT2D eigenvalue weighted by molar-refractivity contribution is 0.442. The zero-order valence-corrected chi connectivity index (χ0v) is 10.4. The zero-order valence-electron chi connectivity index (χ0n) is 10.4. The van der Waals surface area contributed by atoms with Gasteiger partial charge in [-0.15, -0.1) is 0 Å². The fourth-order valence-corrected chi connectivity index (χ4v) is 1.52. The molecule has 1 unspecified atom stereocenters. The summed E-state index contributed by atoms with van der Waals surface area (Å²) in [6, 6.07) is 6.32. The van der Waals surface area contributed by atoms with Crippen LogP contribution in [-0.4, -0.2) is 30.8 Å². The van der Waals surface area contributed by atoms with Crippen molar-refractivity contribution in [3.63, 3.8) is 0 Å². The van der Waals surface area contributed by atoms with Crippen molar-refractivity contribution in [1.29, 1.82) is 0 Å². The number of hydrogen-bond donors (Lipinski definition) is 3. The molecule has 0 spiro atoms. The van der Waals surface area contributed by atoms with Gasteiger partial charge in [0.2, 0.25) is 0 Å². The molecule has 90 valence electrons. The zero-order chi connectivity index (χ0) is 12.0. The number of nitrogens with one attached hydrogen (secondary N) is 2. The highest BCUT2D eigenvalue weighted by Gasteiger charge is 2.03. The van der Waals surface area contributed by atoms with Crippen LogP contribution in [0.25, 0.3) is 0 Å². The summed E-state index contributed by atoms with van der Waals surface area (Å²) in [5.74, 6) is 0.384. The minimum Gasteiger partial charge on any atom is -0.508 e. The van der Waals surface area contributed by atoms with Crippen LogP contribution in [-0.2, 0) is 0 Å². The number of benzene rings is 1. The van der Waals surface area contributed by atoms with Crippen LogP contribution in [0.1, 0.15) is 18.1 Å². The Morgan fingerprint density at radius 3 is 2.38 bits per heavy atom. The molecule has 0 radical (unpaired) electrons. The molecular formula is C13H22N2O. The molecule has 1 aliphatic rings. The van der Waals surface area contributed by atoms with E-state index < -0.39 is 0 Å². The second-order valence-electron chi connectivity index (χ2n) is 4.35. The summed E-state index contributed by atoms with van der Waals surface area (Å²) >= 11 is 0. The number of hydrogen-bond acceptors (Lipinski definition) is 3. The summed E-state index contributed by atoms with van der Waals surface area (Å²) in [6.45, 7) is 9.41. The van der Waals surface area contributed by atoms with E-state index in [9.17, 15) is 0 Å². The highest BCUT2D eigenvalue weighted by Crippen LogP contribution is 2.15. The van der Waals surface area contributed by atoms with Crippen molar-refractivity contribution < 1.29 is 5.11 Å². The van der Waals surface area contributed by atoms with Crippen molar-refractivity contribution in [3.05, 3.63) is 29.3 Å². The number of rotatable bonds is 0. The minimum atomic E-state index is 0.384. The number of piperazine rings is 1. The number of aryl methyl sites for hydroxylation is 2. The van der Waals surface area contributed by atoms with Gasteiger partial charge >= 0.3 is 0 Å². The summed E-state index contributed by atoms with van der Waals surface area (Å²) in [5, 5.41) is 15.7. The van der Waals surface area contributed by atoms with Gasteiger partial charge in [-0.05, 0) is 38.0 Å². The van der Waals surface area contributed by atoms with Crippen molar-refractivity contribution in [3.8, 4) is 5.75 Å². The Morgan fingerprint density at radius 1 is 1.25 bits per heavy atom. The molecule has 0 aromatic heterocycles. The van der Waals surface area contributed by atoms with Gasteiger partial charge in [-0.25, -0.2) is 0 Å². The summed E-state index contributed by atoms with van der Waals surface area (Å²) in [7, 11) is 0. The van der Waals surface area contributed by atoms with Gasteiger partial charge in [0.05, 0.1) is 0 Å². The number of phenolic OH excluding ortho intramolecular Hbond substituents is 1. The number of aromatic hydroxyl groups is 1. The predicted octanol–water partition coefficient (Wildman–Crippen LogP) is 1.58. The van der Waals surface area contributed by atoms with E-state index >= 15 is 0 Å². The molecule has 1 aromatic rings. The Morgan fingerprint density at radius 2 is 2.00 bits per heavy atom.